The summed E-state index contributed by atoms with van der Waals surface area (Å²) in [5.74, 6) is 0.871. The summed E-state index contributed by atoms with van der Waals surface area (Å²) in [7, 11) is 1.56. The van der Waals surface area contributed by atoms with Gasteiger partial charge < -0.3 is 24.8 Å². The Kier molecular flexibility index (Phi) is 9.11. The van der Waals surface area contributed by atoms with Crippen molar-refractivity contribution in [1.82, 2.24) is 0 Å². The van der Waals surface area contributed by atoms with Crippen LogP contribution >= 0.6 is 35.3 Å². The van der Waals surface area contributed by atoms with Gasteiger partial charge in [0.15, 0.2) is 11.5 Å². The summed E-state index contributed by atoms with van der Waals surface area (Å²) in [5, 5.41) is 0.681. The molecule has 3 aromatic rings. The number of anilines is 1. The van der Waals surface area contributed by atoms with Crippen LogP contribution in [0.25, 0.3) is 10.4 Å². The van der Waals surface area contributed by atoms with Crippen LogP contribution in [0.3, 0.4) is 0 Å². The molecule has 2 aromatic carbocycles. The molecule has 0 spiro atoms. The molecule has 1 fully saturated rings. The van der Waals surface area contributed by atoms with E-state index in [-0.39, 0.29) is 42.9 Å². The number of hydrogen-bond donors (Lipinski definition) is 1. The van der Waals surface area contributed by atoms with Gasteiger partial charge in [0.1, 0.15) is 18.8 Å². The highest BCUT2D eigenvalue weighted by molar-refractivity contribution is 7.17. The Morgan fingerprint density at radius 1 is 1.13 bits per heavy atom. The normalized spacial score (nSPS) is 15.9. The van der Waals surface area contributed by atoms with E-state index in [0.717, 1.165) is 39.4 Å². The Morgan fingerprint density at radius 3 is 2.46 bits per heavy atom. The van der Waals surface area contributed by atoms with Crippen molar-refractivity contribution in [3.63, 3.8) is 0 Å². The van der Waals surface area contributed by atoms with Crippen molar-refractivity contribution in [1.29, 1.82) is 0 Å². The molecule has 10 heteroatoms. The Balaban J connectivity index is 0.00000353. The zero-order chi connectivity index (χ0) is 27.0. The molecule has 208 valence electrons. The average Bonchev–Trinajstić information content (AvgIpc) is 3.60. The van der Waals surface area contributed by atoms with Crippen LogP contribution in [0, 0.1) is 11.8 Å². The molecule has 7 nitrogen and oxygen atoms in total. The quantitative estimate of drug-likeness (QED) is 0.277. The first-order valence-electron chi connectivity index (χ1n) is 12.7. The number of carbonyl (C=O) groups is 2. The molecule has 1 aliphatic heterocycles. The molecule has 0 saturated heterocycles. The fraction of sp³-hybridized carbons (Fsp3) is 0.379. The van der Waals surface area contributed by atoms with Gasteiger partial charge in [-0.05, 0) is 66.1 Å². The number of ether oxygens (including phenoxy) is 3. The highest BCUT2D eigenvalue weighted by Gasteiger charge is 2.36. The van der Waals surface area contributed by atoms with E-state index in [9.17, 15) is 9.59 Å². The number of amides is 1. The minimum Gasteiger partial charge on any atom is -0.493 e. The third-order valence-electron chi connectivity index (χ3n) is 6.97. The van der Waals surface area contributed by atoms with E-state index in [4.69, 9.17) is 31.5 Å². The van der Waals surface area contributed by atoms with E-state index in [1.807, 2.05) is 44.2 Å². The Labute approximate surface area is 243 Å². The number of carbonyl (C=O) groups excluding carboxylic acids is 2. The first-order valence-corrected chi connectivity index (χ1v) is 13.9. The summed E-state index contributed by atoms with van der Waals surface area (Å²) in [5.41, 5.74) is 8.73. The maximum atomic E-state index is 13.3. The molecule has 5 rings (SSSR count). The first kappa shape index (κ1) is 29.2. The van der Waals surface area contributed by atoms with E-state index in [1.54, 1.807) is 24.1 Å². The highest BCUT2D eigenvalue weighted by Crippen LogP contribution is 2.41. The van der Waals surface area contributed by atoms with Crippen molar-refractivity contribution in [2.75, 3.05) is 18.6 Å². The highest BCUT2D eigenvalue weighted by atomic mass is 35.5. The molecule has 1 amide bonds. The monoisotopic (exact) mass is 590 g/mol. The van der Waals surface area contributed by atoms with Crippen molar-refractivity contribution in [2.45, 2.75) is 45.4 Å². The minimum absolute atomic E-state index is 0. The van der Waals surface area contributed by atoms with Gasteiger partial charge in [0.25, 0.3) is 5.91 Å². The summed E-state index contributed by atoms with van der Waals surface area (Å²) in [4.78, 5) is 29.2. The van der Waals surface area contributed by atoms with Crippen LogP contribution in [0.15, 0.2) is 48.5 Å². The molecule has 39 heavy (non-hydrogen) atoms. The fourth-order valence-electron chi connectivity index (χ4n) is 4.41. The maximum absolute atomic E-state index is 13.3. The lowest BCUT2D eigenvalue weighted by atomic mass is 10.1. The number of fused-ring (bicyclic) bond motifs is 1. The van der Waals surface area contributed by atoms with E-state index in [2.05, 4.69) is 6.07 Å². The van der Waals surface area contributed by atoms with Crippen LogP contribution in [-0.4, -0.2) is 37.7 Å². The molecule has 0 radical (unpaired) electrons. The number of hydrogen-bond acceptors (Lipinski definition) is 7. The summed E-state index contributed by atoms with van der Waals surface area (Å²) in [6, 6.07) is 14.5. The molecule has 1 aromatic heterocycles. The van der Waals surface area contributed by atoms with Gasteiger partial charge in [0.05, 0.1) is 18.5 Å². The van der Waals surface area contributed by atoms with Crippen molar-refractivity contribution < 1.29 is 23.8 Å². The Hall–Kier alpha value is -2.78. The lowest BCUT2D eigenvalue weighted by molar-refractivity contribution is -0.154. The molecule has 2 heterocycles. The average molecular weight is 592 g/mol. The molecule has 1 saturated carbocycles. The van der Waals surface area contributed by atoms with Crippen LogP contribution in [0.5, 0.6) is 11.5 Å². The van der Waals surface area contributed by atoms with Crippen LogP contribution in [0.4, 0.5) is 5.69 Å². The number of nitrogens with two attached hydrogens (primary N) is 1. The number of benzene rings is 2. The maximum Gasteiger partial charge on any atom is 0.323 e. The van der Waals surface area contributed by atoms with Gasteiger partial charge >= 0.3 is 5.97 Å². The molecule has 0 unspecified atom stereocenters. The number of thiophene rings is 1. The second kappa shape index (κ2) is 12.2. The zero-order valence-corrected chi connectivity index (χ0v) is 24.4. The molecular formula is C29H32Cl2N2O5S. The van der Waals surface area contributed by atoms with Gasteiger partial charge in [-0.15, -0.1) is 23.7 Å². The standard InChI is InChI=1S/C29H31ClN2O5S.ClH/c1-16(2)26(31)29(34)37-24(17-4-5-17)15-36-22-11-10-21(13-23(22)35-3)32-14-19-12-25(38-27(19)28(32)33)18-6-8-20(30)9-7-18;/h6-13,16-17,24,26H,4-5,14-15,31H2,1-3H3;1H/t24-,26-;/m0./s1. The van der Waals surface area contributed by atoms with Crippen LogP contribution in [0.2, 0.25) is 5.02 Å². The molecule has 0 bridgehead atoms. The van der Waals surface area contributed by atoms with Gasteiger partial charge in [0.2, 0.25) is 0 Å². The summed E-state index contributed by atoms with van der Waals surface area (Å²) in [6.07, 6.45) is 1.63. The summed E-state index contributed by atoms with van der Waals surface area (Å²) >= 11 is 7.50. The lowest BCUT2D eigenvalue weighted by Crippen LogP contribution is -2.40. The van der Waals surface area contributed by atoms with Crippen LogP contribution in [0.1, 0.15) is 41.9 Å². The summed E-state index contributed by atoms with van der Waals surface area (Å²) in [6.45, 7) is 4.48. The van der Waals surface area contributed by atoms with E-state index < -0.39 is 12.0 Å². The van der Waals surface area contributed by atoms with Crippen molar-refractivity contribution >= 4 is 52.9 Å². The SMILES string of the molecule is COc1cc(N2Cc3cc(-c4ccc(Cl)cc4)sc3C2=O)ccc1OC[C@H](OC(=O)[C@@H](N)C(C)C)C1CC1.Cl. The predicted molar refractivity (Wildman–Crippen MR) is 156 cm³/mol. The number of methoxy groups -OCH3 is 1. The van der Waals surface area contributed by atoms with Gasteiger partial charge in [-0.2, -0.15) is 0 Å². The van der Waals surface area contributed by atoms with E-state index >= 15 is 0 Å². The summed E-state index contributed by atoms with van der Waals surface area (Å²) < 4.78 is 17.3. The second-order valence-corrected chi connectivity index (χ2v) is 11.6. The Morgan fingerprint density at radius 2 is 1.85 bits per heavy atom. The number of nitrogens with zero attached hydrogens (tertiary/aromatic N) is 1. The second-order valence-electron chi connectivity index (χ2n) is 10.1. The molecular weight excluding hydrogens is 559 g/mol. The lowest BCUT2D eigenvalue weighted by Gasteiger charge is -2.23. The van der Waals surface area contributed by atoms with Crippen molar-refractivity contribution in [2.24, 2.45) is 17.6 Å². The third-order valence-corrected chi connectivity index (χ3v) is 8.44. The zero-order valence-electron chi connectivity index (χ0n) is 22.0. The predicted octanol–water partition coefficient (Wildman–Crippen LogP) is 6.34. The number of halogens is 2. The number of rotatable bonds is 10. The molecule has 2 N–H and O–H groups in total. The molecule has 1 aliphatic carbocycles. The fourth-order valence-corrected chi connectivity index (χ4v) is 5.66. The van der Waals surface area contributed by atoms with Crippen molar-refractivity contribution in [3.8, 4) is 21.9 Å². The van der Waals surface area contributed by atoms with Crippen molar-refractivity contribution in [3.05, 3.63) is 64.0 Å². The smallest absolute Gasteiger partial charge is 0.323 e. The van der Waals surface area contributed by atoms with Gasteiger partial charge in [0, 0.05) is 21.7 Å². The van der Waals surface area contributed by atoms with E-state index in [0.29, 0.717) is 23.1 Å². The van der Waals surface area contributed by atoms with E-state index in [1.165, 1.54) is 11.3 Å². The van der Waals surface area contributed by atoms with Gasteiger partial charge in [-0.3, -0.25) is 9.59 Å². The topological polar surface area (TPSA) is 91.1 Å². The molecule has 2 aliphatic rings. The van der Waals surface area contributed by atoms with Crippen LogP contribution < -0.4 is 20.1 Å². The van der Waals surface area contributed by atoms with Gasteiger partial charge in [-0.25, -0.2) is 0 Å². The minimum atomic E-state index is -0.659. The molecule has 2 atom stereocenters. The Bertz CT molecular complexity index is 1340. The van der Waals surface area contributed by atoms with Crippen LogP contribution in [-0.2, 0) is 16.1 Å². The third kappa shape index (κ3) is 6.35. The largest absolute Gasteiger partial charge is 0.493 e. The number of esters is 1. The first-order chi connectivity index (χ1) is 18.2. The van der Waals surface area contributed by atoms with Gasteiger partial charge in [-0.1, -0.05) is 37.6 Å².